The summed E-state index contributed by atoms with van der Waals surface area (Å²) in [5.41, 5.74) is 2.90. The summed E-state index contributed by atoms with van der Waals surface area (Å²) >= 11 is 0. The number of aliphatic hydroxyl groups excluding tert-OH is 1. The number of allylic oxidation sites excluding steroid dienone is 7. The van der Waals surface area contributed by atoms with Crippen LogP contribution in [0.25, 0.3) is 0 Å². The Morgan fingerprint density at radius 3 is 2.45 bits per heavy atom. The first kappa shape index (κ1) is 26.3. The van der Waals surface area contributed by atoms with Crippen molar-refractivity contribution in [3.8, 4) is 0 Å². The van der Waals surface area contributed by atoms with Gasteiger partial charge in [-0.3, -0.25) is 9.69 Å². The van der Waals surface area contributed by atoms with Gasteiger partial charge in [0.05, 0.1) is 18.1 Å². The topological polar surface area (TPSA) is 43.8 Å². The minimum atomic E-state index is -0.405. The fourth-order valence-electron chi connectivity index (χ4n) is 4.30. The van der Waals surface area contributed by atoms with E-state index in [-0.39, 0.29) is 18.1 Å². The van der Waals surface area contributed by atoms with Crippen LogP contribution in [0.1, 0.15) is 31.7 Å². The molecule has 4 nitrogen and oxygen atoms in total. The van der Waals surface area contributed by atoms with E-state index < -0.39 is 5.92 Å². The molecule has 3 atom stereocenters. The molecule has 1 aromatic carbocycles. The molecule has 1 unspecified atom stereocenters. The number of hydrogen-bond acceptors (Lipinski definition) is 3. The largest absolute Gasteiger partial charge is 0.392 e. The van der Waals surface area contributed by atoms with E-state index in [9.17, 15) is 9.90 Å². The molecular weight excluding hydrogens is 408 g/mol. The molecule has 33 heavy (non-hydrogen) atoms. The molecule has 1 aliphatic rings. The summed E-state index contributed by atoms with van der Waals surface area (Å²) < 4.78 is 0. The van der Waals surface area contributed by atoms with E-state index in [0.717, 1.165) is 29.7 Å². The van der Waals surface area contributed by atoms with Gasteiger partial charge in [-0.1, -0.05) is 92.1 Å². The molecule has 1 aromatic rings. The second-order valence-electron chi connectivity index (χ2n) is 8.30. The van der Waals surface area contributed by atoms with E-state index in [1.54, 1.807) is 12.2 Å². The summed E-state index contributed by atoms with van der Waals surface area (Å²) in [4.78, 5) is 18.1. The molecule has 1 aliphatic heterocycles. The molecule has 176 valence electrons. The summed E-state index contributed by atoms with van der Waals surface area (Å²) in [6, 6.07) is 9.72. The summed E-state index contributed by atoms with van der Waals surface area (Å²) in [6.07, 6.45) is 15.7. The van der Waals surface area contributed by atoms with Gasteiger partial charge >= 0.3 is 0 Å². The zero-order valence-corrected chi connectivity index (χ0v) is 20.2. The monoisotopic (exact) mass is 446 g/mol. The highest BCUT2D eigenvalue weighted by atomic mass is 16.3. The number of likely N-dealkylation sites (N-methyl/N-ethyl adjacent to an activating group) is 1. The number of likely N-dealkylation sites (tertiary alicyclic amines) is 1. The number of β-amino-alcohol motifs (C(OH)–C–C–N with tert-alkyl or cyclic N) is 1. The quantitative estimate of drug-likeness (QED) is 0.484. The molecule has 0 saturated carbocycles. The van der Waals surface area contributed by atoms with Gasteiger partial charge in [-0.15, -0.1) is 0 Å². The lowest BCUT2D eigenvalue weighted by atomic mass is 9.88. The van der Waals surface area contributed by atoms with Crippen LogP contribution in [-0.4, -0.2) is 59.6 Å². The normalized spacial score (nSPS) is 19.7. The molecule has 1 saturated heterocycles. The summed E-state index contributed by atoms with van der Waals surface area (Å²) in [5.74, 6) is -0.378. The Morgan fingerprint density at radius 2 is 1.91 bits per heavy atom. The van der Waals surface area contributed by atoms with Gasteiger partial charge in [0.2, 0.25) is 5.91 Å². The fourth-order valence-corrected chi connectivity index (χ4v) is 4.30. The predicted octanol–water partition coefficient (Wildman–Crippen LogP) is 5.04. The lowest BCUT2D eigenvalue weighted by Crippen LogP contribution is -2.47. The van der Waals surface area contributed by atoms with Gasteiger partial charge in [-0.25, -0.2) is 0 Å². The number of benzene rings is 1. The van der Waals surface area contributed by atoms with Gasteiger partial charge in [0.15, 0.2) is 0 Å². The van der Waals surface area contributed by atoms with Crippen molar-refractivity contribution >= 4 is 5.91 Å². The molecule has 1 heterocycles. The standard InChI is InChI=1S/C29H38N2O2/c1-6-10-16-24(15-8-3)27(22-31-20-19-26(32)21-31)30(5)29(33)28(23(9-4)14-7-2)25-17-12-11-13-18-25/h6-18,26-28,32H,1,3,19-22H2,2,4-5H3/b14-7-,16-10-,23-9+,24-15+/t26-,27+,28?/m0/s1. The number of amides is 1. The first-order chi connectivity index (χ1) is 16.0. The molecule has 0 bridgehead atoms. The zero-order valence-electron chi connectivity index (χ0n) is 20.2. The predicted molar refractivity (Wildman–Crippen MR) is 139 cm³/mol. The second-order valence-corrected chi connectivity index (χ2v) is 8.30. The third-order valence-corrected chi connectivity index (χ3v) is 6.02. The highest BCUT2D eigenvalue weighted by Crippen LogP contribution is 2.30. The van der Waals surface area contributed by atoms with Crippen molar-refractivity contribution in [2.45, 2.75) is 38.3 Å². The van der Waals surface area contributed by atoms with E-state index >= 15 is 0 Å². The molecule has 0 spiro atoms. The molecule has 2 rings (SSSR count). The Hall–Kier alpha value is -2.95. The van der Waals surface area contributed by atoms with E-state index in [1.165, 1.54) is 0 Å². The first-order valence-corrected chi connectivity index (χ1v) is 11.6. The number of hydrogen-bond donors (Lipinski definition) is 1. The first-order valence-electron chi connectivity index (χ1n) is 11.6. The lowest BCUT2D eigenvalue weighted by Gasteiger charge is -2.35. The highest BCUT2D eigenvalue weighted by Gasteiger charge is 2.33. The number of aliphatic hydroxyl groups is 1. The second kappa shape index (κ2) is 13.6. The van der Waals surface area contributed by atoms with Crippen LogP contribution in [0, 0.1) is 0 Å². The van der Waals surface area contributed by atoms with Gasteiger partial charge < -0.3 is 10.0 Å². The van der Waals surface area contributed by atoms with E-state index in [4.69, 9.17) is 0 Å². The van der Waals surface area contributed by atoms with Crippen molar-refractivity contribution in [1.82, 2.24) is 9.80 Å². The van der Waals surface area contributed by atoms with Crippen molar-refractivity contribution in [3.63, 3.8) is 0 Å². The van der Waals surface area contributed by atoms with E-state index in [0.29, 0.717) is 13.1 Å². The van der Waals surface area contributed by atoms with Gasteiger partial charge in [-0.05, 0) is 37.0 Å². The molecule has 0 aliphatic carbocycles. The van der Waals surface area contributed by atoms with Crippen LogP contribution in [0.4, 0.5) is 0 Å². The van der Waals surface area contributed by atoms with Crippen LogP contribution in [0.3, 0.4) is 0 Å². The third-order valence-electron chi connectivity index (χ3n) is 6.02. The summed E-state index contributed by atoms with van der Waals surface area (Å²) in [5, 5.41) is 10.0. The number of nitrogens with zero attached hydrogens (tertiary/aromatic N) is 2. The maximum absolute atomic E-state index is 14.1. The van der Waals surface area contributed by atoms with Crippen LogP contribution < -0.4 is 0 Å². The molecule has 0 aromatic heterocycles. The van der Waals surface area contributed by atoms with Crippen molar-refractivity contribution in [2.75, 3.05) is 26.7 Å². The van der Waals surface area contributed by atoms with Crippen molar-refractivity contribution in [3.05, 3.63) is 109 Å². The molecule has 1 N–H and O–H groups in total. The highest BCUT2D eigenvalue weighted by molar-refractivity contribution is 5.88. The Kier molecular flexibility index (Phi) is 10.8. The van der Waals surface area contributed by atoms with E-state index in [2.05, 4.69) is 18.1 Å². The van der Waals surface area contributed by atoms with Gasteiger partial charge in [0.1, 0.15) is 0 Å². The van der Waals surface area contributed by atoms with Crippen molar-refractivity contribution in [1.29, 1.82) is 0 Å². The average molecular weight is 447 g/mol. The maximum atomic E-state index is 14.1. The molecule has 4 heteroatoms. The van der Waals surface area contributed by atoms with Crippen LogP contribution in [0.2, 0.25) is 0 Å². The van der Waals surface area contributed by atoms with Crippen LogP contribution in [-0.2, 0) is 4.79 Å². The van der Waals surface area contributed by atoms with Crippen molar-refractivity contribution < 1.29 is 9.90 Å². The van der Waals surface area contributed by atoms with Gasteiger partial charge in [0.25, 0.3) is 0 Å². The van der Waals surface area contributed by atoms with Gasteiger partial charge in [0, 0.05) is 26.7 Å². The minimum absolute atomic E-state index is 0.0270. The Morgan fingerprint density at radius 1 is 1.18 bits per heavy atom. The van der Waals surface area contributed by atoms with Crippen LogP contribution in [0.15, 0.2) is 103 Å². The fraction of sp³-hybridized carbons (Fsp3) is 0.345. The molecule has 0 radical (unpaired) electrons. The molecular formula is C29H38N2O2. The van der Waals surface area contributed by atoms with Crippen molar-refractivity contribution in [2.24, 2.45) is 0 Å². The summed E-state index contributed by atoms with van der Waals surface area (Å²) in [7, 11) is 1.87. The Balaban J connectivity index is 2.49. The lowest BCUT2D eigenvalue weighted by molar-refractivity contribution is -0.132. The molecule has 1 amide bonds. The smallest absolute Gasteiger partial charge is 0.234 e. The Labute approximate surface area is 199 Å². The maximum Gasteiger partial charge on any atom is 0.234 e. The SMILES string of the molecule is C=C/C=C\C(=C/C=C)[C@@H](CN1CC[C@H](O)C1)N(C)C(=O)C(C(/C=C\C)=C/C)c1ccccc1. The van der Waals surface area contributed by atoms with Crippen LogP contribution >= 0.6 is 0 Å². The molecule has 1 fully saturated rings. The number of carbonyl (C=O) groups is 1. The number of carbonyl (C=O) groups excluding carboxylic acids is 1. The van der Waals surface area contributed by atoms with Crippen LogP contribution in [0.5, 0.6) is 0 Å². The summed E-state index contributed by atoms with van der Waals surface area (Å²) in [6.45, 7) is 13.7. The van der Waals surface area contributed by atoms with Gasteiger partial charge in [-0.2, -0.15) is 0 Å². The Bertz CT molecular complexity index is 911. The minimum Gasteiger partial charge on any atom is -0.392 e. The average Bonchev–Trinajstić information content (AvgIpc) is 3.24. The van der Waals surface area contributed by atoms with E-state index in [1.807, 2.05) is 92.6 Å². The third kappa shape index (κ3) is 7.28. The zero-order chi connectivity index (χ0) is 24.2. The number of rotatable bonds is 11.